The average Bonchev–Trinajstić information content (AvgIpc) is 2.29. The molecule has 1 aromatic rings. The third-order valence-corrected chi connectivity index (χ3v) is 5.18. The number of rotatable bonds is 6. The second-order valence-corrected chi connectivity index (χ2v) is 9.31. The molecule has 0 aliphatic carbocycles. The summed E-state index contributed by atoms with van der Waals surface area (Å²) in [5.41, 5.74) is 1.36. The molecule has 0 amide bonds. The molecule has 0 fully saturated rings. The average molecular weight is 429 g/mol. The first kappa shape index (κ1) is 24.8. The van der Waals surface area contributed by atoms with E-state index in [1.54, 1.807) is 0 Å². The van der Waals surface area contributed by atoms with E-state index in [1.165, 1.54) is 11.6 Å². The van der Waals surface area contributed by atoms with Crippen molar-refractivity contribution in [2.24, 2.45) is 0 Å². The van der Waals surface area contributed by atoms with Crippen molar-refractivity contribution in [1.82, 2.24) is 6.15 Å². The van der Waals surface area contributed by atoms with Crippen molar-refractivity contribution >= 4 is 30.2 Å². The van der Waals surface area contributed by atoms with Crippen LogP contribution in [0.4, 0.5) is 0 Å². The topological polar surface area (TPSA) is 61.3 Å². The molecule has 0 heterocycles. The summed E-state index contributed by atoms with van der Waals surface area (Å²) < 4.78 is 5.04. The van der Waals surface area contributed by atoms with Crippen LogP contribution in [-0.2, 0) is 15.7 Å². The van der Waals surface area contributed by atoms with Gasteiger partial charge in [0.25, 0.3) is 0 Å². The molecule has 0 aliphatic rings. The van der Waals surface area contributed by atoms with Gasteiger partial charge in [-0.15, -0.1) is 17.0 Å². The lowest BCUT2D eigenvalue weighted by atomic mass is 10.2. The Morgan fingerprint density at radius 1 is 1.30 bits per heavy atom. The minimum absolute atomic E-state index is 0. The maximum absolute atomic E-state index is 10.9. The minimum atomic E-state index is -1.04. The number of hydrogen-bond donors (Lipinski definition) is 1. The van der Waals surface area contributed by atoms with Crippen molar-refractivity contribution in [1.29, 1.82) is 0 Å². The molecular weight excluding hydrogens is 405 g/mol. The van der Waals surface area contributed by atoms with Crippen LogP contribution in [0.2, 0.25) is 0 Å². The highest BCUT2D eigenvalue weighted by molar-refractivity contribution is 8.93. The highest BCUT2D eigenvalue weighted by atomic mass is 79.9. The van der Waals surface area contributed by atoms with Gasteiger partial charge in [0.2, 0.25) is 0 Å². The molecule has 0 atom stereocenters. The molecule has 0 saturated carbocycles. The van der Waals surface area contributed by atoms with Gasteiger partial charge >= 0.3 is 5.97 Å². The van der Waals surface area contributed by atoms with Crippen LogP contribution in [0.25, 0.3) is 0 Å². The number of esters is 1. The lowest BCUT2D eigenvalue weighted by molar-refractivity contribution is -0.137. The molecular formula is C14H24Br2NO2P. The van der Waals surface area contributed by atoms with Gasteiger partial charge < -0.3 is 27.9 Å². The largest absolute Gasteiger partial charge is 1.00 e. The van der Waals surface area contributed by atoms with Crippen LogP contribution in [0.1, 0.15) is 5.56 Å². The summed E-state index contributed by atoms with van der Waals surface area (Å²) in [6, 6.07) is 10.5. The van der Waals surface area contributed by atoms with E-state index in [0.717, 1.165) is 12.3 Å². The second-order valence-electron chi connectivity index (χ2n) is 4.67. The third-order valence-electron chi connectivity index (χ3n) is 2.56. The van der Waals surface area contributed by atoms with Crippen molar-refractivity contribution in [3.8, 4) is 0 Å². The Morgan fingerprint density at radius 3 is 2.35 bits per heavy atom. The summed E-state index contributed by atoms with van der Waals surface area (Å²) in [6.07, 6.45) is 3.27. The Balaban J connectivity index is -0.000000963. The van der Waals surface area contributed by atoms with Gasteiger partial charge in [0.15, 0.2) is 0 Å². The van der Waals surface area contributed by atoms with Crippen LogP contribution in [-0.4, -0.2) is 32.1 Å². The third kappa shape index (κ3) is 10.6. The van der Waals surface area contributed by atoms with Gasteiger partial charge in [0, 0.05) is 26.7 Å². The van der Waals surface area contributed by atoms with Crippen LogP contribution >= 0.6 is 24.2 Å². The number of ether oxygens (including phenoxy) is 1. The van der Waals surface area contributed by atoms with Crippen LogP contribution in [0.5, 0.6) is 0 Å². The lowest BCUT2D eigenvalue weighted by Crippen LogP contribution is -3.00. The monoisotopic (exact) mass is 427 g/mol. The van der Waals surface area contributed by atoms with Crippen LogP contribution in [0.15, 0.2) is 43.0 Å². The molecule has 1 rings (SSSR count). The maximum Gasteiger partial charge on any atom is 0.330 e. The number of carbonyl (C=O) groups is 1. The Bertz CT molecular complexity index is 386. The first-order valence-corrected chi connectivity index (χ1v) is 8.74. The summed E-state index contributed by atoms with van der Waals surface area (Å²) in [7, 11) is -1.04. The molecule has 0 aromatic heterocycles. The molecule has 0 unspecified atom stereocenters. The Labute approximate surface area is 143 Å². The van der Waals surface area contributed by atoms with E-state index in [0.29, 0.717) is 6.61 Å². The fourth-order valence-corrected chi connectivity index (χ4v) is 3.55. The number of carbonyl (C=O) groups excluding carboxylic acids is 1. The highest BCUT2D eigenvalue weighted by Crippen LogP contribution is 2.53. The summed E-state index contributed by atoms with van der Waals surface area (Å²) in [5.74, 6) is -0.329. The summed E-state index contributed by atoms with van der Waals surface area (Å²) in [5, 5.41) is 0. The minimum Gasteiger partial charge on any atom is -1.00 e. The molecule has 3 N–H and O–H groups in total. The SMILES string of the molecule is Br.C=CC(=O)OCC[P+](C)(C)Cc1ccccc1.N.[Br-]. The van der Waals surface area contributed by atoms with E-state index >= 15 is 0 Å². The molecule has 0 spiro atoms. The van der Waals surface area contributed by atoms with E-state index in [4.69, 9.17) is 4.74 Å². The molecule has 0 radical (unpaired) electrons. The second kappa shape index (κ2) is 12.5. The Morgan fingerprint density at radius 2 is 1.85 bits per heavy atom. The molecule has 0 saturated heterocycles. The number of benzene rings is 1. The lowest BCUT2D eigenvalue weighted by Gasteiger charge is -2.17. The van der Waals surface area contributed by atoms with Crippen LogP contribution < -0.4 is 23.1 Å². The van der Waals surface area contributed by atoms with Gasteiger partial charge in [-0.1, -0.05) is 36.9 Å². The van der Waals surface area contributed by atoms with E-state index in [9.17, 15) is 4.79 Å². The standard InChI is InChI=1S/C14H20O2P.2BrH.H3N/c1-4-14(15)16-10-11-17(2,3)12-13-8-6-5-7-9-13;;;/h4-9H,1,10-12H2,2-3H3;2*1H;1H3/q+1;;;/p-1. The molecule has 3 nitrogen and oxygen atoms in total. The van der Waals surface area contributed by atoms with Gasteiger partial charge in [-0.25, -0.2) is 4.79 Å². The van der Waals surface area contributed by atoms with E-state index in [1.807, 2.05) is 6.07 Å². The summed E-state index contributed by atoms with van der Waals surface area (Å²) in [4.78, 5) is 10.9. The zero-order chi connectivity index (χ0) is 12.7. The fraction of sp³-hybridized carbons (Fsp3) is 0.357. The van der Waals surface area contributed by atoms with Crippen molar-refractivity contribution in [2.45, 2.75) is 6.16 Å². The quantitative estimate of drug-likeness (QED) is 0.416. The van der Waals surface area contributed by atoms with Crippen molar-refractivity contribution in [2.75, 3.05) is 26.1 Å². The number of halogens is 2. The van der Waals surface area contributed by atoms with Crippen molar-refractivity contribution in [3.63, 3.8) is 0 Å². The maximum atomic E-state index is 10.9. The Hall–Kier alpha value is -0.220. The van der Waals surface area contributed by atoms with E-state index in [2.05, 4.69) is 44.2 Å². The van der Waals surface area contributed by atoms with Crippen molar-refractivity contribution in [3.05, 3.63) is 48.6 Å². The molecule has 20 heavy (non-hydrogen) atoms. The van der Waals surface area contributed by atoms with Crippen LogP contribution in [0, 0.1) is 0 Å². The molecule has 116 valence electrons. The van der Waals surface area contributed by atoms with E-state index < -0.39 is 7.26 Å². The zero-order valence-electron chi connectivity index (χ0n) is 12.0. The summed E-state index contributed by atoms with van der Waals surface area (Å²) >= 11 is 0. The smallest absolute Gasteiger partial charge is 0.330 e. The zero-order valence-corrected chi connectivity index (χ0v) is 16.2. The van der Waals surface area contributed by atoms with Crippen molar-refractivity contribution < 1.29 is 26.5 Å². The number of hydrogen-bond acceptors (Lipinski definition) is 3. The molecule has 0 bridgehead atoms. The normalized spacial score (nSPS) is 9.30. The predicted molar refractivity (Wildman–Crippen MR) is 90.3 cm³/mol. The van der Waals surface area contributed by atoms with Gasteiger partial charge in [0.1, 0.15) is 6.61 Å². The first-order chi connectivity index (χ1) is 8.03. The van der Waals surface area contributed by atoms with Crippen LogP contribution in [0.3, 0.4) is 0 Å². The van der Waals surface area contributed by atoms with Gasteiger partial charge in [-0.3, -0.25) is 0 Å². The first-order valence-electron chi connectivity index (χ1n) is 5.68. The fourth-order valence-electron chi connectivity index (χ4n) is 1.61. The van der Waals surface area contributed by atoms with E-state index in [-0.39, 0.29) is 46.1 Å². The Kier molecular flexibility index (Phi) is 15.5. The summed E-state index contributed by atoms with van der Waals surface area (Å²) in [6.45, 7) is 8.46. The molecule has 0 aliphatic heterocycles. The predicted octanol–water partition coefficient (Wildman–Crippen LogP) is 0.937. The molecule has 6 heteroatoms. The van der Waals surface area contributed by atoms with Gasteiger partial charge in [-0.2, -0.15) is 0 Å². The van der Waals surface area contributed by atoms with Gasteiger partial charge in [0.05, 0.1) is 12.3 Å². The molecule has 1 aromatic carbocycles. The van der Waals surface area contributed by atoms with Gasteiger partial charge in [-0.05, 0) is 5.56 Å². The highest BCUT2D eigenvalue weighted by Gasteiger charge is 2.25.